The first-order valence-corrected chi connectivity index (χ1v) is 4.86. The Hall–Kier alpha value is -1.16. The fourth-order valence-corrected chi connectivity index (χ4v) is 1.76. The number of carbonyl (C=O) groups excluding carboxylic acids is 1. The van der Waals surface area contributed by atoms with Crippen LogP contribution < -0.4 is 0 Å². The van der Waals surface area contributed by atoms with Gasteiger partial charge in [-0.05, 0) is 18.4 Å². The fraction of sp³-hybridized carbons (Fsp3) is 0.600. The minimum absolute atomic E-state index is 0.167. The van der Waals surface area contributed by atoms with Crippen molar-refractivity contribution in [3.05, 3.63) is 18.0 Å². The third-order valence-corrected chi connectivity index (χ3v) is 2.60. The Labute approximate surface area is 82.9 Å². The maximum atomic E-state index is 11.8. The molecule has 76 valence electrons. The lowest BCUT2D eigenvalue weighted by Crippen LogP contribution is -2.12. The Balaban J connectivity index is 1.98. The molecule has 0 radical (unpaired) electrons. The molecule has 14 heavy (non-hydrogen) atoms. The van der Waals surface area contributed by atoms with Crippen LogP contribution in [-0.2, 0) is 11.8 Å². The van der Waals surface area contributed by atoms with Gasteiger partial charge in [-0.2, -0.15) is 5.10 Å². The quantitative estimate of drug-likeness (QED) is 0.675. The van der Waals surface area contributed by atoms with Gasteiger partial charge in [0.05, 0.1) is 0 Å². The summed E-state index contributed by atoms with van der Waals surface area (Å²) >= 11 is 0. The predicted molar refractivity (Wildman–Crippen MR) is 51.1 cm³/mol. The second-order valence-electron chi connectivity index (χ2n) is 3.70. The van der Waals surface area contributed by atoms with Crippen LogP contribution in [0.2, 0.25) is 0 Å². The molecule has 0 amide bonds. The van der Waals surface area contributed by atoms with E-state index >= 15 is 0 Å². The smallest absolute Gasteiger partial charge is 0.181 e. The summed E-state index contributed by atoms with van der Waals surface area (Å²) in [6.07, 6.45) is 3.24. The van der Waals surface area contributed by atoms with Gasteiger partial charge in [0.1, 0.15) is 5.69 Å². The highest BCUT2D eigenvalue weighted by Gasteiger charge is 2.21. The van der Waals surface area contributed by atoms with Gasteiger partial charge in [-0.15, -0.1) is 0 Å². The number of Topliss-reactive ketones (excluding diaryl/α,β-unsaturated/α-hetero) is 1. The van der Waals surface area contributed by atoms with Crippen LogP contribution in [-0.4, -0.2) is 28.8 Å². The van der Waals surface area contributed by atoms with Crippen LogP contribution in [0.1, 0.15) is 23.3 Å². The molecule has 1 aromatic rings. The number of aryl methyl sites for hydroxylation is 1. The second-order valence-corrected chi connectivity index (χ2v) is 3.70. The van der Waals surface area contributed by atoms with Crippen molar-refractivity contribution in [3.63, 3.8) is 0 Å². The molecule has 0 saturated carbocycles. The zero-order valence-electron chi connectivity index (χ0n) is 8.27. The van der Waals surface area contributed by atoms with Gasteiger partial charge >= 0.3 is 0 Å². The Morgan fingerprint density at radius 2 is 2.64 bits per heavy atom. The van der Waals surface area contributed by atoms with Crippen molar-refractivity contribution in [3.8, 4) is 0 Å². The number of hydrogen-bond donors (Lipinski definition) is 0. The lowest BCUT2D eigenvalue weighted by atomic mass is 10.0. The monoisotopic (exact) mass is 194 g/mol. The van der Waals surface area contributed by atoms with E-state index in [1.165, 1.54) is 0 Å². The molecule has 0 aliphatic carbocycles. The Morgan fingerprint density at radius 1 is 1.79 bits per heavy atom. The molecule has 4 heteroatoms. The van der Waals surface area contributed by atoms with E-state index in [1.807, 2.05) is 0 Å². The standard InChI is InChI=1S/C10H14N2O2/c1-12-9(2-4-11-12)10(13)6-8-3-5-14-7-8/h2,4,8H,3,5-7H2,1H3. The summed E-state index contributed by atoms with van der Waals surface area (Å²) in [5, 5.41) is 3.98. The molecule has 2 heterocycles. The largest absolute Gasteiger partial charge is 0.381 e. The van der Waals surface area contributed by atoms with Crippen LogP contribution in [0, 0.1) is 5.92 Å². The number of carbonyl (C=O) groups is 1. The first-order chi connectivity index (χ1) is 6.77. The van der Waals surface area contributed by atoms with Gasteiger partial charge in [-0.25, -0.2) is 0 Å². The van der Waals surface area contributed by atoms with Crippen molar-refractivity contribution in [2.24, 2.45) is 13.0 Å². The van der Waals surface area contributed by atoms with E-state index in [-0.39, 0.29) is 5.78 Å². The van der Waals surface area contributed by atoms with E-state index in [1.54, 1.807) is 24.0 Å². The number of hydrogen-bond acceptors (Lipinski definition) is 3. The van der Waals surface area contributed by atoms with E-state index in [4.69, 9.17) is 4.74 Å². The maximum absolute atomic E-state index is 11.8. The fourth-order valence-electron chi connectivity index (χ4n) is 1.76. The average molecular weight is 194 g/mol. The summed E-state index contributed by atoms with van der Waals surface area (Å²) in [6, 6.07) is 1.76. The molecule has 1 aliphatic rings. The number of aromatic nitrogens is 2. The summed E-state index contributed by atoms with van der Waals surface area (Å²) in [4.78, 5) is 11.8. The minimum Gasteiger partial charge on any atom is -0.381 e. The van der Waals surface area contributed by atoms with Crippen LogP contribution in [0.25, 0.3) is 0 Å². The van der Waals surface area contributed by atoms with E-state index in [9.17, 15) is 4.79 Å². The zero-order chi connectivity index (χ0) is 9.97. The van der Waals surface area contributed by atoms with E-state index in [0.717, 1.165) is 19.6 Å². The second kappa shape index (κ2) is 3.92. The summed E-state index contributed by atoms with van der Waals surface area (Å²) in [7, 11) is 1.79. The molecule has 0 spiro atoms. The molecule has 0 bridgehead atoms. The molecule has 1 aliphatic heterocycles. The lowest BCUT2D eigenvalue weighted by Gasteiger charge is -2.05. The zero-order valence-corrected chi connectivity index (χ0v) is 8.27. The van der Waals surface area contributed by atoms with Crippen molar-refractivity contribution < 1.29 is 9.53 Å². The molecule has 0 N–H and O–H groups in total. The summed E-state index contributed by atoms with van der Waals surface area (Å²) in [6.45, 7) is 1.52. The van der Waals surface area contributed by atoms with Gasteiger partial charge in [0, 0.05) is 32.9 Å². The predicted octanol–water partition coefficient (Wildman–Crippen LogP) is 1.03. The van der Waals surface area contributed by atoms with Crippen molar-refractivity contribution in [1.29, 1.82) is 0 Å². The van der Waals surface area contributed by atoms with Gasteiger partial charge in [0.25, 0.3) is 0 Å². The highest BCUT2D eigenvalue weighted by Crippen LogP contribution is 2.18. The summed E-state index contributed by atoms with van der Waals surface area (Å²) in [5.41, 5.74) is 0.692. The molecule has 1 unspecified atom stereocenters. The number of nitrogens with zero attached hydrogens (tertiary/aromatic N) is 2. The first kappa shape index (κ1) is 9.40. The Morgan fingerprint density at radius 3 is 3.21 bits per heavy atom. The molecule has 4 nitrogen and oxygen atoms in total. The first-order valence-electron chi connectivity index (χ1n) is 4.86. The van der Waals surface area contributed by atoms with Crippen molar-refractivity contribution >= 4 is 5.78 Å². The topological polar surface area (TPSA) is 44.1 Å². The van der Waals surface area contributed by atoms with Crippen molar-refractivity contribution in [1.82, 2.24) is 9.78 Å². The van der Waals surface area contributed by atoms with Crippen LogP contribution in [0.4, 0.5) is 0 Å². The molecule has 1 aromatic heterocycles. The molecule has 1 atom stereocenters. The van der Waals surface area contributed by atoms with E-state index in [0.29, 0.717) is 18.0 Å². The number of ether oxygens (including phenoxy) is 1. The summed E-state index contributed by atoms with van der Waals surface area (Å²) < 4.78 is 6.85. The number of ketones is 1. The van der Waals surface area contributed by atoms with Crippen molar-refractivity contribution in [2.75, 3.05) is 13.2 Å². The molecule has 1 saturated heterocycles. The van der Waals surface area contributed by atoms with Gasteiger partial charge < -0.3 is 4.74 Å². The normalized spacial score (nSPS) is 21.4. The highest BCUT2D eigenvalue weighted by atomic mass is 16.5. The highest BCUT2D eigenvalue weighted by molar-refractivity contribution is 5.94. The lowest BCUT2D eigenvalue weighted by molar-refractivity contribution is 0.0943. The van der Waals surface area contributed by atoms with Gasteiger partial charge in [-0.1, -0.05) is 0 Å². The van der Waals surface area contributed by atoms with Crippen LogP contribution in [0.3, 0.4) is 0 Å². The van der Waals surface area contributed by atoms with E-state index < -0.39 is 0 Å². The average Bonchev–Trinajstić information content (AvgIpc) is 2.75. The van der Waals surface area contributed by atoms with Gasteiger partial charge in [-0.3, -0.25) is 9.48 Å². The third-order valence-electron chi connectivity index (χ3n) is 2.60. The van der Waals surface area contributed by atoms with Gasteiger partial charge in [0.15, 0.2) is 5.78 Å². The molecule has 2 rings (SSSR count). The molecular weight excluding hydrogens is 180 g/mol. The minimum atomic E-state index is 0.167. The maximum Gasteiger partial charge on any atom is 0.181 e. The SMILES string of the molecule is Cn1nccc1C(=O)CC1CCOC1. The van der Waals surface area contributed by atoms with Crippen LogP contribution in [0.15, 0.2) is 12.3 Å². The van der Waals surface area contributed by atoms with E-state index in [2.05, 4.69) is 5.10 Å². The third kappa shape index (κ3) is 1.85. The van der Waals surface area contributed by atoms with Crippen LogP contribution >= 0.6 is 0 Å². The Bertz CT molecular complexity index is 327. The Kier molecular flexibility index (Phi) is 2.63. The summed E-state index contributed by atoms with van der Waals surface area (Å²) in [5.74, 6) is 0.567. The molecule has 1 fully saturated rings. The van der Waals surface area contributed by atoms with Gasteiger partial charge in [0.2, 0.25) is 0 Å². The molecular formula is C10H14N2O2. The van der Waals surface area contributed by atoms with Crippen LogP contribution in [0.5, 0.6) is 0 Å². The number of rotatable bonds is 3. The molecule has 0 aromatic carbocycles. The van der Waals surface area contributed by atoms with Crippen molar-refractivity contribution in [2.45, 2.75) is 12.8 Å².